The molecule has 0 aromatic carbocycles. The average molecular weight is 346 g/mol. The van der Waals surface area contributed by atoms with E-state index in [1.165, 1.54) is 18.4 Å². The summed E-state index contributed by atoms with van der Waals surface area (Å²) >= 11 is 0. The summed E-state index contributed by atoms with van der Waals surface area (Å²) in [5.41, 5.74) is 1.18. The van der Waals surface area contributed by atoms with Crippen LogP contribution in [0.5, 0.6) is 0 Å². The van der Waals surface area contributed by atoms with Crippen LogP contribution in [0.1, 0.15) is 50.1 Å². The molecule has 0 radical (unpaired) electrons. The molecule has 2 amide bonds. The van der Waals surface area contributed by atoms with Crippen molar-refractivity contribution in [3.8, 4) is 0 Å². The molecule has 3 fully saturated rings. The van der Waals surface area contributed by atoms with Gasteiger partial charge in [-0.1, -0.05) is 12.8 Å². The van der Waals surface area contributed by atoms with E-state index in [1.807, 2.05) is 11.1 Å². The first-order valence-electron chi connectivity index (χ1n) is 9.73. The van der Waals surface area contributed by atoms with Crippen LogP contribution in [0.25, 0.3) is 0 Å². The van der Waals surface area contributed by atoms with Crippen molar-refractivity contribution >= 4 is 6.03 Å². The van der Waals surface area contributed by atoms with Crippen LogP contribution in [0.3, 0.4) is 0 Å². The van der Waals surface area contributed by atoms with Crippen LogP contribution in [0, 0.1) is 18.8 Å². The fourth-order valence-corrected chi connectivity index (χ4v) is 5.04. The lowest BCUT2D eigenvalue weighted by Gasteiger charge is -2.37. The minimum Gasteiger partial charge on any atom is -0.379 e. The highest BCUT2D eigenvalue weighted by atomic mass is 16.5. The van der Waals surface area contributed by atoms with Gasteiger partial charge >= 0.3 is 6.03 Å². The minimum atomic E-state index is 0.141. The van der Waals surface area contributed by atoms with Gasteiger partial charge in [0.05, 0.1) is 18.3 Å². The maximum absolute atomic E-state index is 12.6. The SMILES string of the molecule is CO[C@H]1C[C@@H]2CN(C(=O)NC3CCCC3)C[C@@H]2C[C@@H]1n1cc(C)cn1. The number of nitrogens with zero attached hydrogens (tertiary/aromatic N) is 3. The zero-order valence-corrected chi connectivity index (χ0v) is 15.4. The molecule has 1 aromatic heterocycles. The predicted molar refractivity (Wildman–Crippen MR) is 95.4 cm³/mol. The van der Waals surface area contributed by atoms with Crippen LogP contribution in [0.4, 0.5) is 4.79 Å². The van der Waals surface area contributed by atoms with Crippen LogP contribution < -0.4 is 5.32 Å². The lowest BCUT2D eigenvalue weighted by Crippen LogP contribution is -2.43. The standard InChI is InChI=1S/C19H30N4O2/c1-13-9-20-23(10-13)17-7-14-11-22(12-15(14)8-18(17)25-2)19(24)21-16-5-3-4-6-16/h9-10,14-18H,3-8,11-12H2,1-2H3,(H,21,24)/t14-,15+,17-,18-/m0/s1. The van der Waals surface area contributed by atoms with Crippen LogP contribution in [-0.4, -0.2) is 53.1 Å². The first kappa shape index (κ1) is 16.9. The Balaban J connectivity index is 1.41. The van der Waals surface area contributed by atoms with E-state index >= 15 is 0 Å². The van der Waals surface area contributed by atoms with Crippen molar-refractivity contribution in [2.45, 2.75) is 63.6 Å². The second kappa shape index (κ2) is 6.98. The van der Waals surface area contributed by atoms with Crippen molar-refractivity contribution < 1.29 is 9.53 Å². The lowest BCUT2D eigenvalue weighted by atomic mass is 9.77. The summed E-state index contributed by atoms with van der Waals surface area (Å²) in [5, 5.41) is 7.76. The topological polar surface area (TPSA) is 59.4 Å². The number of aryl methyl sites for hydroxylation is 1. The van der Waals surface area contributed by atoms with Gasteiger partial charge in [-0.25, -0.2) is 4.79 Å². The molecule has 1 saturated heterocycles. The number of hydrogen-bond acceptors (Lipinski definition) is 3. The van der Waals surface area contributed by atoms with Gasteiger partial charge in [0.1, 0.15) is 0 Å². The molecule has 1 aliphatic heterocycles. The number of rotatable bonds is 3. The summed E-state index contributed by atoms with van der Waals surface area (Å²) in [6, 6.07) is 0.807. The van der Waals surface area contributed by atoms with Crippen LogP contribution in [-0.2, 0) is 4.74 Å². The Kier molecular flexibility index (Phi) is 4.71. The summed E-state index contributed by atoms with van der Waals surface area (Å²) < 4.78 is 7.87. The fraction of sp³-hybridized carbons (Fsp3) is 0.789. The van der Waals surface area contributed by atoms with E-state index < -0.39 is 0 Å². The Bertz CT molecular complexity index is 610. The van der Waals surface area contributed by atoms with Crippen molar-refractivity contribution in [2.24, 2.45) is 11.8 Å². The number of urea groups is 1. The third-order valence-corrected chi connectivity index (χ3v) is 6.43. The largest absolute Gasteiger partial charge is 0.379 e. The lowest BCUT2D eigenvalue weighted by molar-refractivity contribution is -0.00487. The average Bonchev–Trinajstić information content (AvgIpc) is 3.33. The normalized spacial score (nSPS) is 32.8. The van der Waals surface area contributed by atoms with E-state index in [0.717, 1.165) is 38.8 Å². The quantitative estimate of drug-likeness (QED) is 0.915. The van der Waals surface area contributed by atoms with Gasteiger partial charge in [0.15, 0.2) is 0 Å². The van der Waals surface area contributed by atoms with Gasteiger partial charge in [-0.3, -0.25) is 4.68 Å². The highest BCUT2D eigenvalue weighted by Gasteiger charge is 2.44. The smallest absolute Gasteiger partial charge is 0.317 e. The van der Waals surface area contributed by atoms with Gasteiger partial charge < -0.3 is 15.0 Å². The number of aromatic nitrogens is 2. The second-order valence-electron chi connectivity index (χ2n) is 8.17. The Morgan fingerprint density at radius 1 is 1.24 bits per heavy atom. The number of likely N-dealkylation sites (tertiary alicyclic amines) is 1. The minimum absolute atomic E-state index is 0.141. The summed E-state index contributed by atoms with van der Waals surface area (Å²) in [6.45, 7) is 3.81. The summed E-state index contributed by atoms with van der Waals surface area (Å²) in [5.74, 6) is 1.10. The van der Waals surface area contributed by atoms with E-state index in [0.29, 0.717) is 17.9 Å². The highest BCUT2D eigenvalue weighted by molar-refractivity contribution is 5.75. The molecule has 3 aliphatic rings. The Labute approximate surface area is 149 Å². The zero-order valence-electron chi connectivity index (χ0n) is 15.4. The molecule has 2 saturated carbocycles. The monoisotopic (exact) mass is 346 g/mol. The Morgan fingerprint density at radius 3 is 2.60 bits per heavy atom. The van der Waals surface area contributed by atoms with E-state index in [2.05, 4.69) is 28.2 Å². The van der Waals surface area contributed by atoms with Crippen LogP contribution in [0.15, 0.2) is 12.4 Å². The van der Waals surface area contributed by atoms with Crippen molar-refractivity contribution in [1.82, 2.24) is 20.0 Å². The molecule has 1 N–H and O–H groups in total. The number of fused-ring (bicyclic) bond motifs is 1. The third kappa shape index (κ3) is 3.41. The molecule has 0 bridgehead atoms. The third-order valence-electron chi connectivity index (χ3n) is 6.43. The van der Waals surface area contributed by atoms with E-state index in [-0.39, 0.29) is 18.2 Å². The first-order valence-corrected chi connectivity index (χ1v) is 9.73. The van der Waals surface area contributed by atoms with E-state index in [9.17, 15) is 4.79 Å². The Hall–Kier alpha value is -1.56. The van der Waals surface area contributed by atoms with Crippen LogP contribution in [0.2, 0.25) is 0 Å². The predicted octanol–water partition coefficient (Wildman–Crippen LogP) is 2.74. The molecule has 1 aromatic rings. The molecule has 2 aliphatic carbocycles. The number of ether oxygens (including phenoxy) is 1. The van der Waals surface area contributed by atoms with E-state index in [4.69, 9.17) is 4.74 Å². The van der Waals surface area contributed by atoms with Crippen molar-refractivity contribution in [3.05, 3.63) is 18.0 Å². The summed E-state index contributed by atoms with van der Waals surface area (Å²) in [7, 11) is 1.80. The van der Waals surface area contributed by atoms with Gasteiger partial charge in [0, 0.05) is 32.4 Å². The molecule has 0 spiro atoms. The number of nitrogens with one attached hydrogen (secondary N) is 1. The number of carbonyl (C=O) groups is 1. The molecule has 2 heterocycles. The molecular weight excluding hydrogens is 316 g/mol. The molecule has 6 heteroatoms. The molecule has 4 rings (SSSR count). The zero-order chi connectivity index (χ0) is 17.4. The number of carbonyl (C=O) groups excluding carboxylic acids is 1. The fourth-order valence-electron chi connectivity index (χ4n) is 5.04. The maximum Gasteiger partial charge on any atom is 0.317 e. The van der Waals surface area contributed by atoms with Gasteiger partial charge in [-0.15, -0.1) is 0 Å². The molecule has 25 heavy (non-hydrogen) atoms. The van der Waals surface area contributed by atoms with E-state index in [1.54, 1.807) is 7.11 Å². The maximum atomic E-state index is 12.6. The summed E-state index contributed by atoms with van der Waals surface area (Å²) in [4.78, 5) is 14.7. The van der Waals surface area contributed by atoms with Crippen molar-refractivity contribution in [1.29, 1.82) is 0 Å². The van der Waals surface area contributed by atoms with Gasteiger partial charge in [-0.05, 0) is 50.0 Å². The van der Waals surface area contributed by atoms with Gasteiger partial charge in [0.2, 0.25) is 0 Å². The number of methoxy groups -OCH3 is 1. The number of hydrogen-bond donors (Lipinski definition) is 1. The number of amides is 2. The summed E-state index contributed by atoms with van der Waals surface area (Å²) in [6.07, 6.45) is 11.0. The van der Waals surface area contributed by atoms with Crippen LogP contribution >= 0.6 is 0 Å². The first-order chi connectivity index (χ1) is 12.1. The van der Waals surface area contributed by atoms with Gasteiger partial charge in [0.25, 0.3) is 0 Å². The molecule has 6 nitrogen and oxygen atoms in total. The Morgan fingerprint density at radius 2 is 1.96 bits per heavy atom. The van der Waals surface area contributed by atoms with Crippen molar-refractivity contribution in [3.63, 3.8) is 0 Å². The molecule has 4 atom stereocenters. The highest BCUT2D eigenvalue weighted by Crippen LogP contribution is 2.42. The van der Waals surface area contributed by atoms with Crippen molar-refractivity contribution in [2.75, 3.05) is 20.2 Å². The second-order valence-corrected chi connectivity index (χ2v) is 8.17. The molecule has 138 valence electrons. The molecular formula is C19H30N4O2. The molecule has 0 unspecified atom stereocenters. The van der Waals surface area contributed by atoms with Gasteiger partial charge in [-0.2, -0.15) is 5.10 Å².